The van der Waals surface area contributed by atoms with E-state index < -0.39 is 17.7 Å². The Morgan fingerprint density at radius 3 is 2.80 bits per heavy atom. The van der Waals surface area contributed by atoms with Gasteiger partial charge in [0.1, 0.15) is 11.6 Å². The number of halogens is 2. The molecule has 2 N–H and O–H groups in total. The van der Waals surface area contributed by atoms with Crippen LogP contribution in [0.5, 0.6) is 0 Å². The highest BCUT2D eigenvalue weighted by Gasteiger charge is 2.15. The predicted molar refractivity (Wildman–Crippen MR) is 72.8 cm³/mol. The van der Waals surface area contributed by atoms with E-state index in [4.69, 9.17) is 5.73 Å². The molecule has 0 spiro atoms. The molecule has 0 bridgehead atoms. The minimum Gasteiger partial charge on any atom is -0.323 e. The lowest BCUT2D eigenvalue weighted by Gasteiger charge is -2.21. The summed E-state index contributed by atoms with van der Waals surface area (Å²) in [6.07, 6.45) is 3.68. The highest BCUT2D eigenvalue weighted by Crippen LogP contribution is 2.17. The molecule has 6 heteroatoms. The number of aromatic nitrogens is 2. The monoisotopic (exact) mass is 280 g/mol. The molecular formula is C14H18F2N4. The topological polar surface area (TPSA) is 47.1 Å². The lowest BCUT2D eigenvalue weighted by molar-refractivity contribution is 0.302. The van der Waals surface area contributed by atoms with E-state index in [9.17, 15) is 8.78 Å². The molecule has 108 valence electrons. The molecule has 1 heterocycles. The second-order valence-electron chi connectivity index (χ2n) is 4.99. The summed E-state index contributed by atoms with van der Waals surface area (Å²) in [5.41, 5.74) is 7.20. The van der Waals surface area contributed by atoms with E-state index in [-0.39, 0.29) is 5.56 Å². The summed E-state index contributed by atoms with van der Waals surface area (Å²) in [7, 11) is 3.72. The van der Waals surface area contributed by atoms with Crippen LogP contribution in [0.1, 0.15) is 17.2 Å². The van der Waals surface area contributed by atoms with Crippen LogP contribution in [-0.4, -0.2) is 28.3 Å². The molecule has 4 nitrogen and oxygen atoms in total. The largest absolute Gasteiger partial charge is 0.323 e. The molecule has 1 unspecified atom stereocenters. The van der Waals surface area contributed by atoms with Crippen LogP contribution < -0.4 is 5.73 Å². The number of aryl methyl sites for hydroxylation is 1. The smallest absolute Gasteiger partial charge is 0.128 e. The summed E-state index contributed by atoms with van der Waals surface area (Å²) in [5, 5.41) is 4.08. The van der Waals surface area contributed by atoms with Gasteiger partial charge in [0.15, 0.2) is 0 Å². The second-order valence-corrected chi connectivity index (χ2v) is 4.99. The summed E-state index contributed by atoms with van der Waals surface area (Å²) in [5.74, 6) is -0.958. The number of likely N-dealkylation sites (N-methyl/N-ethyl adjacent to an activating group) is 1. The summed E-state index contributed by atoms with van der Waals surface area (Å²) < 4.78 is 28.5. The molecule has 1 aromatic heterocycles. The third kappa shape index (κ3) is 3.61. The van der Waals surface area contributed by atoms with Gasteiger partial charge in [-0.05, 0) is 25.2 Å². The van der Waals surface area contributed by atoms with Crippen molar-refractivity contribution in [3.63, 3.8) is 0 Å². The van der Waals surface area contributed by atoms with Crippen LogP contribution in [0.4, 0.5) is 8.78 Å². The first-order valence-corrected chi connectivity index (χ1v) is 6.32. The van der Waals surface area contributed by atoms with E-state index in [2.05, 4.69) is 5.10 Å². The van der Waals surface area contributed by atoms with Gasteiger partial charge in [-0.25, -0.2) is 8.78 Å². The number of hydrogen-bond donors (Lipinski definition) is 1. The van der Waals surface area contributed by atoms with Crippen LogP contribution in [0.15, 0.2) is 30.6 Å². The molecule has 2 rings (SSSR count). The van der Waals surface area contributed by atoms with Crippen molar-refractivity contribution in [2.24, 2.45) is 12.8 Å². The number of benzene rings is 1. The zero-order valence-electron chi connectivity index (χ0n) is 11.6. The van der Waals surface area contributed by atoms with Gasteiger partial charge in [0.2, 0.25) is 0 Å². The Labute approximate surface area is 116 Å². The Morgan fingerprint density at radius 2 is 2.15 bits per heavy atom. The lowest BCUT2D eigenvalue weighted by Crippen LogP contribution is -2.29. The van der Waals surface area contributed by atoms with Crippen molar-refractivity contribution in [2.75, 3.05) is 13.6 Å². The van der Waals surface area contributed by atoms with E-state index in [1.807, 2.05) is 25.2 Å². The van der Waals surface area contributed by atoms with Gasteiger partial charge in [-0.15, -0.1) is 0 Å². The van der Waals surface area contributed by atoms with Crippen LogP contribution in [0.3, 0.4) is 0 Å². The zero-order chi connectivity index (χ0) is 14.7. The Bertz CT molecular complexity index is 582. The van der Waals surface area contributed by atoms with Gasteiger partial charge in [-0.2, -0.15) is 5.10 Å². The Morgan fingerprint density at radius 1 is 1.40 bits per heavy atom. The molecule has 0 saturated heterocycles. The van der Waals surface area contributed by atoms with Gasteiger partial charge < -0.3 is 10.6 Å². The fraction of sp³-hybridized carbons (Fsp3) is 0.357. The summed E-state index contributed by atoms with van der Waals surface area (Å²) in [6, 6.07) is 2.77. The van der Waals surface area contributed by atoms with Crippen molar-refractivity contribution in [2.45, 2.75) is 12.6 Å². The van der Waals surface area contributed by atoms with Crippen LogP contribution >= 0.6 is 0 Å². The quantitative estimate of drug-likeness (QED) is 0.909. The fourth-order valence-electron chi connectivity index (χ4n) is 2.16. The third-order valence-corrected chi connectivity index (χ3v) is 3.08. The fourth-order valence-corrected chi connectivity index (χ4v) is 2.16. The minimum atomic E-state index is -0.577. The van der Waals surface area contributed by atoms with Gasteiger partial charge in [0.05, 0.1) is 6.20 Å². The van der Waals surface area contributed by atoms with Crippen molar-refractivity contribution in [3.05, 3.63) is 53.4 Å². The number of nitrogens with two attached hydrogens (primary N) is 1. The SMILES string of the molecule is CN(Cc1cnn(C)c1)CC(N)c1cc(F)ccc1F. The Balaban J connectivity index is 1.99. The van der Waals surface area contributed by atoms with Crippen molar-refractivity contribution < 1.29 is 8.78 Å². The number of rotatable bonds is 5. The van der Waals surface area contributed by atoms with E-state index in [1.165, 1.54) is 0 Å². The molecule has 0 aliphatic carbocycles. The molecular weight excluding hydrogens is 262 g/mol. The van der Waals surface area contributed by atoms with Gasteiger partial charge in [0.25, 0.3) is 0 Å². The maximum absolute atomic E-state index is 13.6. The van der Waals surface area contributed by atoms with Crippen molar-refractivity contribution in [3.8, 4) is 0 Å². The molecule has 0 fully saturated rings. The average molecular weight is 280 g/mol. The lowest BCUT2D eigenvalue weighted by atomic mass is 10.1. The molecule has 2 aromatic rings. The summed E-state index contributed by atoms with van der Waals surface area (Å²) in [6.45, 7) is 1.08. The minimum absolute atomic E-state index is 0.197. The maximum atomic E-state index is 13.6. The van der Waals surface area contributed by atoms with Crippen LogP contribution in [0.25, 0.3) is 0 Å². The van der Waals surface area contributed by atoms with Crippen molar-refractivity contribution in [1.29, 1.82) is 0 Å². The highest BCUT2D eigenvalue weighted by molar-refractivity contribution is 5.22. The predicted octanol–water partition coefficient (Wildman–Crippen LogP) is 1.83. The number of nitrogens with zero attached hydrogens (tertiary/aromatic N) is 3. The molecule has 1 aromatic carbocycles. The Hall–Kier alpha value is -1.79. The number of hydrogen-bond acceptors (Lipinski definition) is 3. The van der Waals surface area contributed by atoms with Crippen molar-refractivity contribution in [1.82, 2.24) is 14.7 Å². The first-order valence-electron chi connectivity index (χ1n) is 6.32. The normalized spacial score (nSPS) is 12.9. The third-order valence-electron chi connectivity index (χ3n) is 3.08. The van der Waals surface area contributed by atoms with Gasteiger partial charge in [0, 0.05) is 43.5 Å². The molecule has 0 aliphatic rings. The second kappa shape index (κ2) is 6.11. The van der Waals surface area contributed by atoms with Crippen LogP contribution in [-0.2, 0) is 13.6 Å². The molecule has 20 heavy (non-hydrogen) atoms. The maximum Gasteiger partial charge on any atom is 0.128 e. The molecule has 0 amide bonds. The molecule has 0 saturated carbocycles. The van der Waals surface area contributed by atoms with Gasteiger partial charge >= 0.3 is 0 Å². The first-order chi connectivity index (χ1) is 9.45. The van der Waals surface area contributed by atoms with E-state index in [1.54, 1.807) is 10.9 Å². The average Bonchev–Trinajstić information content (AvgIpc) is 2.77. The Kier molecular flexibility index (Phi) is 4.46. The standard InChI is InChI=1S/C14H18F2N4/c1-19(7-10-6-18-20(2)8-10)9-14(17)12-5-11(15)3-4-13(12)16/h3-6,8,14H,7,9,17H2,1-2H3. The summed E-state index contributed by atoms with van der Waals surface area (Å²) in [4.78, 5) is 1.95. The van der Waals surface area contributed by atoms with Crippen molar-refractivity contribution >= 4 is 0 Å². The van der Waals surface area contributed by atoms with E-state index >= 15 is 0 Å². The summed E-state index contributed by atoms with van der Waals surface area (Å²) >= 11 is 0. The zero-order valence-corrected chi connectivity index (χ0v) is 11.6. The molecule has 0 radical (unpaired) electrons. The molecule has 1 atom stereocenters. The van der Waals surface area contributed by atoms with Crippen LogP contribution in [0, 0.1) is 11.6 Å². The van der Waals surface area contributed by atoms with Gasteiger partial charge in [-0.3, -0.25) is 4.68 Å². The van der Waals surface area contributed by atoms with E-state index in [0.717, 1.165) is 23.8 Å². The highest BCUT2D eigenvalue weighted by atomic mass is 19.1. The van der Waals surface area contributed by atoms with E-state index in [0.29, 0.717) is 13.1 Å². The van der Waals surface area contributed by atoms with Crippen LogP contribution in [0.2, 0.25) is 0 Å². The van der Waals surface area contributed by atoms with Gasteiger partial charge in [-0.1, -0.05) is 0 Å². The molecule has 0 aliphatic heterocycles. The first kappa shape index (κ1) is 14.6.